The van der Waals surface area contributed by atoms with Crippen LogP contribution in [0.25, 0.3) is 0 Å². The summed E-state index contributed by atoms with van der Waals surface area (Å²) in [7, 11) is 0. The second kappa shape index (κ2) is 3.95. The topological polar surface area (TPSA) is 66.8 Å². The van der Waals surface area contributed by atoms with Crippen LogP contribution in [-0.4, -0.2) is 46.3 Å². The molecule has 0 radical (unpaired) electrons. The molecule has 2 heterocycles. The van der Waals surface area contributed by atoms with Crippen LogP contribution < -0.4 is 0 Å². The smallest absolute Gasteiger partial charge is 0.236 e. The Morgan fingerprint density at radius 1 is 1.69 bits per heavy atom. The van der Waals surface area contributed by atoms with Gasteiger partial charge < -0.3 is 9.84 Å². The monoisotopic (exact) mass is 230 g/mol. The summed E-state index contributed by atoms with van der Waals surface area (Å²) in [5.74, 6) is -0.916. The number of aliphatic hydroxyl groups excluding tert-OH is 1. The van der Waals surface area contributed by atoms with Crippen LogP contribution in [0.4, 0.5) is 4.39 Å². The molecule has 1 amide bonds. The summed E-state index contributed by atoms with van der Waals surface area (Å²) >= 11 is 0. The van der Waals surface area contributed by atoms with Gasteiger partial charge in [0.2, 0.25) is 5.91 Å². The molecule has 0 spiro atoms. The van der Waals surface area contributed by atoms with E-state index in [-0.39, 0.29) is 19.1 Å². The number of amides is 1. The van der Waals surface area contributed by atoms with Gasteiger partial charge in [0.15, 0.2) is 18.2 Å². The molecule has 88 valence electrons. The number of rotatable bonds is 1. The highest BCUT2D eigenvalue weighted by Gasteiger charge is 2.46. The number of ketones is 1. The number of hydrogen-bond donors (Lipinski definition) is 1. The van der Waals surface area contributed by atoms with E-state index in [4.69, 9.17) is 6.11 Å². The van der Waals surface area contributed by atoms with E-state index in [1.807, 2.05) is 0 Å². The van der Waals surface area contributed by atoms with Crippen LogP contribution in [0.3, 0.4) is 0 Å². The summed E-state index contributed by atoms with van der Waals surface area (Å²) in [6.45, 7) is -0.289. The minimum atomic E-state index is -1.77. The van der Waals surface area contributed by atoms with Gasteiger partial charge in [-0.05, 0) is 13.0 Å². The van der Waals surface area contributed by atoms with Gasteiger partial charge in [-0.25, -0.2) is 4.39 Å². The maximum atomic E-state index is 13.7. The van der Waals surface area contributed by atoms with Crippen molar-refractivity contribution in [3.05, 3.63) is 12.3 Å². The summed E-state index contributed by atoms with van der Waals surface area (Å²) in [6.07, 6.45) is -3.40. The first-order chi connectivity index (χ1) is 8.04. The molecule has 1 N–H and O–H groups in total. The Kier molecular flexibility index (Phi) is 2.45. The molecule has 1 fully saturated rings. The molecule has 0 aromatic heterocycles. The van der Waals surface area contributed by atoms with Crippen molar-refractivity contribution < 1.29 is 25.2 Å². The number of halogens is 1. The van der Waals surface area contributed by atoms with Gasteiger partial charge in [0.25, 0.3) is 0 Å². The zero-order valence-electron chi connectivity index (χ0n) is 9.38. The number of ether oxygens (including phenoxy) is 1. The fourth-order valence-electron chi connectivity index (χ4n) is 1.70. The molecule has 2 aliphatic rings. The molecule has 1 saturated heterocycles. The Hall–Kier alpha value is -1.27. The van der Waals surface area contributed by atoms with Crippen molar-refractivity contribution in [2.45, 2.75) is 37.9 Å². The Labute approximate surface area is 92.9 Å². The van der Waals surface area contributed by atoms with E-state index in [1.165, 1.54) is 0 Å². The third-order valence-electron chi connectivity index (χ3n) is 2.60. The molecule has 0 aromatic rings. The number of aliphatic hydroxyl groups is 1. The summed E-state index contributed by atoms with van der Waals surface area (Å²) < 4.78 is 25.9. The molecule has 2 rings (SSSR count). The van der Waals surface area contributed by atoms with Gasteiger partial charge in [-0.15, -0.1) is 0 Å². The second-order valence-corrected chi connectivity index (χ2v) is 3.76. The fourth-order valence-corrected chi connectivity index (χ4v) is 1.70. The Morgan fingerprint density at radius 2 is 2.44 bits per heavy atom. The van der Waals surface area contributed by atoms with Gasteiger partial charge >= 0.3 is 0 Å². The maximum absolute atomic E-state index is 13.7. The van der Waals surface area contributed by atoms with Crippen molar-refractivity contribution in [2.24, 2.45) is 0 Å². The normalized spacial score (nSPS) is 40.4. The van der Waals surface area contributed by atoms with Gasteiger partial charge in [0.05, 0.1) is 12.5 Å². The third kappa shape index (κ3) is 1.74. The Balaban J connectivity index is 2.16. The van der Waals surface area contributed by atoms with Gasteiger partial charge in [-0.3, -0.25) is 14.5 Å². The van der Waals surface area contributed by atoms with Gasteiger partial charge in [0.1, 0.15) is 6.10 Å². The standard InChI is InChI=1S/C10H12FNO4/c1-5-9(15)8(11)10(16-5)12-3-2-6(13)4-7(12)14/h2-3,5,8-10,15H,4H2,1H3/i1D. The average molecular weight is 230 g/mol. The molecule has 4 unspecified atom stereocenters. The van der Waals surface area contributed by atoms with Gasteiger partial charge in [-0.1, -0.05) is 0 Å². The minimum absolute atomic E-state index is 0.289. The van der Waals surface area contributed by atoms with Crippen LogP contribution >= 0.6 is 0 Å². The van der Waals surface area contributed by atoms with E-state index < -0.39 is 30.5 Å². The number of alkyl halides is 1. The van der Waals surface area contributed by atoms with Crippen molar-refractivity contribution in [3.8, 4) is 0 Å². The molecule has 5 nitrogen and oxygen atoms in total. The SMILES string of the molecule is [2H]CC1OC(N2C=CC(=O)CC2=O)C(F)C1O. The zero-order chi connectivity index (χ0) is 12.6. The van der Waals surface area contributed by atoms with E-state index in [1.54, 1.807) is 0 Å². The van der Waals surface area contributed by atoms with Crippen LogP contribution in [0.5, 0.6) is 0 Å². The lowest BCUT2D eigenvalue weighted by Crippen LogP contribution is -2.44. The fraction of sp³-hybridized carbons (Fsp3) is 0.600. The number of allylic oxidation sites excluding steroid dienone is 1. The number of nitrogens with zero attached hydrogens (tertiary/aromatic N) is 1. The number of carbonyl (C=O) groups is 2. The predicted molar refractivity (Wildman–Crippen MR) is 50.8 cm³/mol. The van der Waals surface area contributed by atoms with Crippen LogP contribution in [0, 0.1) is 0 Å². The number of hydrogen-bond acceptors (Lipinski definition) is 4. The minimum Gasteiger partial charge on any atom is -0.387 e. The highest BCUT2D eigenvalue weighted by atomic mass is 19.1. The van der Waals surface area contributed by atoms with Gasteiger partial charge in [-0.2, -0.15) is 0 Å². The Bertz CT molecular complexity index is 375. The van der Waals surface area contributed by atoms with Crippen molar-refractivity contribution >= 4 is 11.7 Å². The van der Waals surface area contributed by atoms with Crippen LogP contribution in [-0.2, 0) is 14.3 Å². The molecule has 0 aromatic carbocycles. The van der Waals surface area contributed by atoms with E-state index in [0.717, 1.165) is 17.2 Å². The lowest BCUT2D eigenvalue weighted by Gasteiger charge is -2.27. The summed E-state index contributed by atoms with van der Waals surface area (Å²) in [4.78, 5) is 23.4. The second-order valence-electron chi connectivity index (χ2n) is 3.76. The average Bonchev–Trinajstić information content (AvgIpc) is 2.57. The van der Waals surface area contributed by atoms with E-state index in [0.29, 0.717) is 0 Å². The molecule has 16 heavy (non-hydrogen) atoms. The first-order valence-electron chi connectivity index (χ1n) is 5.54. The first kappa shape index (κ1) is 9.92. The molecule has 2 aliphatic heterocycles. The molecule has 0 saturated carbocycles. The summed E-state index contributed by atoms with van der Waals surface area (Å²) in [5.41, 5.74) is 0. The first-order valence-corrected chi connectivity index (χ1v) is 4.83. The Morgan fingerprint density at radius 3 is 3.00 bits per heavy atom. The van der Waals surface area contributed by atoms with Crippen LogP contribution in [0.2, 0.25) is 0 Å². The van der Waals surface area contributed by atoms with E-state index in [9.17, 15) is 19.1 Å². The van der Waals surface area contributed by atoms with E-state index >= 15 is 0 Å². The maximum Gasteiger partial charge on any atom is 0.236 e. The summed E-state index contributed by atoms with van der Waals surface area (Å²) in [5, 5.41) is 9.45. The summed E-state index contributed by atoms with van der Waals surface area (Å²) in [6, 6.07) is 0. The molecular formula is C10H12FNO4. The molecule has 0 bridgehead atoms. The largest absolute Gasteiger partial charge is 0.387 e. The van der Waals surface area contributed by atoms with Gasteiger partial charge in [0, 0.05) is 7.57 Å². The molecule has 4 atom stereocenters. The van der Waals surface area contributed by atoms with Crippen molar-refractivity contribution in [3.63, 3.8) is 0 Å². The predicted octanol–water partition coefficient (Wildman–Crippen LogP) is -0.255. The molecular weight excluding hydrogens is 217 g/mol. The lowest BCUT2D eigenvalue weighted by atomic mass is 10.1. The third-order valence-corrected chi connectivity index (χ3v) is 2.60. The van der Waals surface area contributed by atoms with Crippen molar-refractivity contribution in [2.75, 3.05) is 0 Å². The van der Waals surface area contributed by atoms with Crippen LogP contribution in [0.15, 0.2) is 12.3 Å². The highest BCUT2D eigenvalue weighted by molar-refractivity contribution is 6.06. The lowest BCUT2D eigenvalue weighted by molar-refractivity contribution is -0.145. The van der Waals surface area contributed by atoms with E-state index in [2.05, 4.69) is 0 Å². The van der Waals surface area contributed by atoms with Crippen molar-refractivity contribution in [1.82, 2.24) is 4.90 Å². The molecule has 6 heteroatoms. The number of carbonyl (C=O) groups excluding carboxylic acids is 2. The van der Waals surface area contributed by atoms with Crippen LogP contribution in [0.1, 0.15) is 14.7 Å². The zero-order valence-corrected chi connectivity index (χ0v) is 8.38. The molecule has 0 aliphatic carbocycles. The van der Waals surface area contributed by atoms with Crippen molar-refractivity contribution in [1.29, 1.82) is 0 Å². The quantitative estimate of drug-likeness (QED) is 0.630. The highest BCUT2D eigenvalue weighted by Crippen LogP contribution is 2.28.